The van der Waals surface area contributed by atoms with Crippen molar-refractivity contribution in [1.82, 2.24) is 54.4 Å². The van der Waals surface area contributed by atoms with Crippen LogP contribution >= 0.6 is 11.6 Å². The van der Waals surface area contributed by atoms with Crippen LogP contribution in [0, 0.1) is 0 Å². The van der Waals surface area contributed by atoms with Crippen LogP contribution in [0.25, 0.3) is 11.2 Å². The number of ketones is 1. The highest BCUT2D eigenvalue weighted by molar-refractivity contribution is 6.30. The van der Waals surface area contributed by atoms with Crippen molar-refractivity contribution in [2.45, 2.75) is 51.0 Å². The van der Waals surface area contributed by atoms with Crippen LogP contribution in [0.2, 0.25) is 5.02 Å². The second-order valence-electron chi connectivity index (χ2n) is 9.92. The van der Waals surface area contributed by atoms with Gasteiger partial charge in [0.2, 0.25) is 0 Å². The van der Waals surface area contributed by atoms with Crippen LogP contribution in [-0.4, -0.2) is 60.2 Å². The number of carbonyl (C=O) groups is 1. The number of imidazole rings is 2. The van der Waals surface area contributed by atoms with Gasteiger partial charge in [0.15, 0.2) is 11.6 Å². The van der Waals surface area contributed by atoms with Crippen molar-refractivity contribution >= 4 is 28.5 Å². The third-order valence-corrected chi connectivity index (χ3v) is 7.31. The van der Waals surface area contributed by atoms with E-state index in [1.54, 1.807) is 23.3 Å². The number of hydrogen-bond acceptors (Lipinski definition) is 8. The lowest BCUT2D eigenvalue weighted by atomic mass is 10.1. The van der Waals surface area contributed by atoms with Crippen molar-refractivity contribution in [2.24, 2.45) is 0 Å². The fourth-order valence-corrected chi connectivity index (χ4v) is 5.08. The van der Waals surface area contributed by atoms with Gasteiger partial charge in [-0.3, -0.25) is 4.79 Å². The number of Topliss-reactive ketones (excluding diaryl/α,β-unsaturated/α-hetero) is 1. The summed E-state index contributed by atoms with van der Waals surface area (Å²) in [6.45, 7) is 0.412. The summed E-state index contributed by atoms with van der Waals surface area (Å²) in [5.41, 5.74) is 6.28. The summed E-state index contributed by atoms with van der Waals surface area (Å²) in [6.07, 6.45) is 14.1. The first kappa shape index (κ1) is 23.7. The maximum atomic E-state index is 12.9. The molecule has 6 aromatic rings. The summed E-state index contributed by atoms with van der Waals surface area (Å²) in [5.74, 6) is 1.21. The van der Waals surface area contributed by atoms with Crippen LogP contribution in [-0.2, 0) is 25.8 Å². The van der Waals surface area contributed by atoms with E-state index in [0.717, 1.165) is 34.5 Å². The molecule has 39 heavy (non-hydrogen) atoms. The first-order valence-electron chi connectivity index (χ1n) is 12.9. The van der Waals surface area contributed by atoms with E-state index in [1.165, 1.54) is 18.4 Å². The maximum absolute atomic E-state index is 12.9. The molecule has 0 aliphatic heterocycles. The lowest BCUT2D eigenvalue weighted by molar-refractivity contribution is 0.0977. The van der Waals surface area contributed by atoms with E-state index in [2.05, 4.69) is 52.6 Å². The zero-order valence-electron chi connectivity index (χ0n) is 20.9. The van der Waals surface area contributed by atoms with Gasteiger partial charge >= 0.3 is 0 Å². The second-order valence-corrected chi connectivity index (χ2v) is 10.4. The number of halogens is 1. The van der Waals surface area contributed by atoms with E-state index < -0.39 is 0 Å². The smallest absolute Gasteiger partial charge is 0.185 e. The van der Waals surface area contributed by atoms with Crippen LogP contribution in [0.5, 0.6) is 0 Å². The highest BCUT2D eigenvalue weighted by atomic mass is 35.5. The molecule has 0 unspecified atom stereocenters. The summed E-state index contributed by atoms with van der Waals surface area (Å²) >= 11 is 6.13. The Bertz CT molecular complexity index is 1800. The molecule has 6 heterocycles. The number of rotatable bonds is 10. The summed E-state index contributed by atoms with van der Waals surface area (Å²) < 4.78 is 5.64. The Morgan fingerprint density at radius 2 is 2.00 bits per heavy atom. The molecule has 0 aromatic carbocycles. The number of nitrogens with zero attached hydrogens (tertiary/aromatic N) is 10. The predicted molar refractivity (Wildman–Crippen MR) is 141 cm³/mol. The molecule has 0 radical (unpaired) electrons. The van der Waals surface area contributed by atoms with Gasteiger partial charge in [0.05, 0.1) is 36.0 Å². The molecule has 13 heteroatoms. The first-order valence-corrected chi connectivity index (χ1v) is 13.2. The zero-order valence-corrected chi connectivity index (χ0v) is 21.7. The SMILES string of the molecule is O=C(CCc1ncn2ccc(Cl)cc12)c1cn(Cc2cn3cc(C4CC4)cc(CCc4nn[nH]n4)c3n2)nn1. The van der Waals surface area contributed by atoms with Gasteiger partial charge in [0.1, 0.15) is 11.3 Å². The van der Waals surface area contributed by atoms with Gasteiger partial charge in [-0.1, -0.05) is 28.1 Å². The molecule has 1 saturated carbocycles. The molecule has 12 nitrogen and oxygen atoms in total. The fraction of sp³-hybridized carbons (Fsp3) is 0.308. The highest BCUT2D eigenvalue weighted by Gasteiger charge is 2.25. The average molecular weight is 542 g/mol. The minimum absolute atomic E-state index is 0.0859. The third kappa shape index (κ3) is 4.90. The van der Waals surface area contributed by atoms with E-state index in [9.17, 15) is 4.79 Å². The fourth-order valence-electron chi connectivity index (χ4n) is 4.92. The van der Waals surface area contributed by atoms with E-state index in [0.29, 0.717) is 41.8 Å². The van der Waals surface area contributed by atoms with Crippen molar-refractivity contribution in [3.63, 3.8) is 0 Å². The van der Waals surface area contributed by atoms with E-state index in [1.807, 2.05) is 22.9 Å². The highest BCUT2D eigenvalue weighted by Crippen LogP contribution is 2.40. The molecule has 1 fully saturated rings. The van der Waals surface area contributed by atoms with Crippen LogP contribution in [0.15, 0.2) is 49.3 Å². The van der Waals surface area contributed by atoms with Crippen LogP contribution < -0.4 is 0 Å². The van der Waals surface area contributed by atoms with Gasteiger partial charge in [-0.2, -0.15) is 5.21 Å². The van der Waals surface area contributed by atoms with Gasteiger partial charge < -0.3 is 8.80 Å². The molecule has 6 aromatic heterocycles. The summed E-state index contributed by atoms with van der Waals surface area (Å²) in [6, 6.07) is 5.91. The maximum Gasteiger partial charge on any atom is 0.185 e. The largest absolute Gasteiger partial charge is 0.306 e. The molecule has 1 aliphatic rings. The van der Waals surface area contributed by atoms with Crippen molar-refractivity contribution in [1.29, 1.82) is 0 Å². The summed E-state index contributed by atoms with van der Waals surface area (Å²) in [7, 11) is 0. The Morgan fingerprint density at radius 1 is 1.08 bits per heavy atom. The molecule has 7 rings (SSSR count). The number of tetrazole rings is 1. The Hall–Kier alpha value is -4.45. The molecular weight excluding hydrogens is 518 g/mol. The van der Waals surface area contributed by atoms with Crippen molar-refractivity contribution in [3.8, 4) is 0 Å². The number of nitrogens with one attached hydrogen (secondary N) is 1. The lowest BCUT2D eigenvalue weighted by Gasteiger charge is -2.06. The zero-order chi connectivity index (χ0) is 26.3. The molecule has 0 amide bonds. The predicted octanol–water partition coefficient (Wildman–Crippen LogP) is 3.27. The summed E-state index contributed by atoms with van der Waals surface area (Å²) in [4.78, 5) is 22.2. The van der Waals surface area contributed by atoms with Crippen LogP contribution in [0.3, 0.4) is 0 Å². The number of fused-ring (bicyclic) bond motifs is 2. The van der Waals surface area contributed by atoms with Gasteiger partial charge in [0.25, 0.3) is 0 Å². The second kappa shape index (κ2) is 9.70. The van der Waals surface area contributed by atoms with Gasteiger partial charge in [0, 0.05) is 36.5 Å². The minimum atomic E-state index is -0.0859. The number of aromatic amines is 1. The first-order chi connectivity index (χ1) is 19.1. The van der Waals surface area contributed by atoms with Gasteiger partial charge in [-0.05, 0) is 54.9 Å². The quantitative estimate of drug-likeness (QED) is 0.261. The Morgan fingerprint density at radius 3 is 2.85 bits per heavy atom. The number of pyridine rings is 2. The number of H-pyrrole nitrogens is 1. The molecule has 1 aliphatic carbocycles. The summed E-state index contributed by atoms with van der Waals surface area (Å²) in [5, 5.41) is 23.3. The third-order valence-electron chi connectivity index (χ3n) is 7.07. The van der Waals surface area contributed by atoms with E-state index in [-0.39, 0.29) is 12.2 Å². The van der Waals surface area contributed by atoms with Crippen LogP contribution in [0.4, 0.5) is 0 Å². The molecule has 1 N–H and O–H groups in total. The molecule has 196 valence electrons. The Balaban J connectivity index is 1.06. The molecule has 0 bridgehead atoms. The van der Waals surface area contributed by atoms with Gasteiger partial charge in [-0.15, -0.1) is 15.3 Å². The number of carbonyl (C=O) groups excluding carboxylic acids is 1. The van der Waals surface area contributed by atoms with Gasteiger partial charge in [-0.25, -0.2) is 14.6 Å². The van der Waals surface area contributed by atoms with E-state index in [4.69, 9.17) is 16.6 Å². The van der Waals surface area contributed by atoms with Crippen LogP contribution in [0.1, 0.15) is 64.0 Å². The minimum Gasteiger partial charge on any atom is -0.306 e. The molecule has 0 spiro atoms. The molecular formula is C26H24ClN11O. The Labute approximate surface area is 227 Å². The van der Waals surface area contributed by atoms with E-state index >= 15 is 0 Å². The standard InChI is InChI=1S/C26H24ClN11O/c27-19-7-8-36-15-28-21(23(36)10-19)4-5-24(39)22-14-38(35-30-22)13-20-12-37-11-18(16-1-2-16)9-17(26(37)29-20)3-6-25-31-33-34-32-25/h7-12,14-16H,1-6,13H2,(H,31,32,33,34). The normalized spacial score (nSPS) is 13.6. The number of hydrogen-bond donors (Lipinski definition) is 1. The molecule has 0 saturated heterocycles. The molecule has 0 atom stereocenters. The number of aromatic nitrogens is 11. The van der Waals surface area contributed by atoms with Crippen molar-refractivity contribution in [2.75, 3.05) is 0 Å². The average Bonchev–Trinajstić information content (AvgIpc) is 3.31. The topological polar surface area (TPSA) is 137 Å². The van der Waals surface area contributed by atoms with Crippen molar-refractivity contribution in [3.05, 3.63) is 88.4 Å². The van der Waals surface area contributed by atoms with Crippen molar-refractivity contribution < 1.29 is 4.79 Å². The Kier molecular flexibility index (Phi) is 5.88. The number of aryl methyl sites for hydroxylation is 3. The monoisotopic (exact) mass is 541 g/mol. The lowest BCUT2D eigenvalue weighted by Crippen LogP contribution is -2.03.